The van der Waals surface area contributed by atoms with Crippen molar-refractivity contribution in [2.45, 2.75) is 0 Å². The summed E-state index contributed by atoms with van der Waals surface area (Å²) in [7, 11) is 3.42. The molecule has 0 N–H and O–H groups in total. The van der Waals surface area contributed by atoms with Gasteiger partial charge in [0.1, 0.15) is 33.8 Å². The predicted octanol–water partition coefficient (Wildman–Crippen LogP) is 13.5. The first kappa shape index (κ1) is 28.5. The van der Waals surface area contributed by atoms with E-state index in [0.29, 0.717) is 0 Å². The summed E-state index contributed by atoms with van der Waals surface area (Å²) in [4.78, 5) is 0. The van der Waals surface area contributed by atoms with Crippen molar-refractivity contribution in [3.05, 3.63) is 133 Å². The minimum absolute atomic E-state index is 0.831. The van der Waals surface area contributed by atoms with Crippen LogP contribution in [0.4, 0.5) is 0 Å². The van der Waals surface area contributed by atoms with E-state index in [-0.39, 0.29) is 0 Å². The Morgan fingerprint density at radius 2 is 0.824 bits per heavy atom. The number of ether oxygens (including phenoxy) is 2. The molecule has 51 heavy (non-hydrogen) atoms. The van der Waals surface area contributed by atoms with E-state index in [4.69, 9.17) is 18.3 Å². The van der Waals surface area contributed by atoms with Gasteiger partial charge < -0.3 is 18.3 Å². The van der Waals surface area contributed by atoms with Gasteiger partial charge in [0, 0.05) is 63.3 Å². The van der Waals surface area contributed by atoms with Crippen molar-refractivity contribution in [3.63, 3.8) is 0 Å². The van der Waals surface area contributed by atoms with E-state index in [1.807, 2.05) is 47.7 Å². The second-order valence-corrected chi connectivity index (χ2v) is 14.1. The van der Waals surface area contributed by atoms with Gasteiger partial charge >= 0.3 is 0 Å². The van der Waals surface area contributed by atoms with Crippen molar-refractivity contribution < 1.29 is 18.3 Å². The van der Waals surface area contributed by atoms with Crippen LogP contribution in [0.1, 0.15) is 0 Å². The van der Waals surface area contributed by atoms with Crippen molar-refractivity contribution in [3.8, 4) is 33.8 Å². The summed E-state index contributed by atoms with van der Waals surface area (Å²) in [6.45, 7) is 0. The van der Waals surface area contributed by atoms with E-state index in [2.05, 4.69) is 97.1 Å². The molecule has 0 bridgehead atoms. The molecule has 11 aromatic rings. The van der Waals surface area contributed by atoms with Crippen LogP contribution in [0.2, 0.25) is 0 Å². The summed E-state index contributed by atoms with van der Waals surface area (Å²) in [5, 5.41) is 11.8. The zero-order valence-corrected chi connectivity index (χ0v) is 28.6. The van der Waals surface area contributed by atoms with Crippen LogP contribution in [0.3, 0.4) is 0 Å². The smallest absolute Gasteiger partial charge is 0.136 e. The molecule has 242 valence electrons. The first-order valence-corrected chi connectivity index (χ1v) is 17.8. The lowest BCUT2D eigenvalue weighted by atomic mass is 9.90. The number of furan rings is 2. The molecule has 0 spiro atoms. The fraction of sp³-hybridized carbons (Fsp3) is 0.0435. The standard InChI is InChI=1S/C46H28O4S/c1-47-27-15-11-25(12-16-27)33-23-35-36-24-34(26-13-17-28(48-2)18-14-26)42-32(20-22-40-44(42)30-8-4-6-10-38(30)50-40)46(36)51-45(35)31-19-21-39-43(41(31)33)29-7-3-5-9-37(29)49-39/h3-24H,1-2H3. The molecular formula is C46H28O4S. The summed E-state index contributed by atoms with van der Waals surface area (Å²) >= 11 is 1.87. The molecule has 3 heterocycles. The number of hydrogen-bond acceptors (Lipinski definition) is 5. The Kier molecular flexibility index (Phi) is 5.93. The Balaban J connectivity index is 1.34. The van der Waals surface area contributed by atoms with Crippen LogP contribution in [0.5, 0.6) is 11.5 Å². The summed E-state index contributed by atoms with van der Waals surface area (Å²) in [5.74, 6) is 1.66. The van der Waals surface area contributed by atoms with Crippen LogP contribution in [-0.2, 0) is 0 Å². The largest absolute Gasteiger partial charge is 0.497 e. The van der Waals surface area contributed by atoms with Gasteiger partial charge in [-0.1, -0.05) is 60.7 Å². The molecule has 3 aromatic heterocycles. The van der Waals surface area contributed by atoms with E-state index in [9.17, 15) is 0 Å². The Bertz CT molecular complexity index is 2980. The van der Waals surface area contributed by atoms with E-state index in [0.717, 1.165) is 66.5 Å². The number of methoxy groups -OCH3 is 2. The second-order valence-electron chi connectivity index (χ2n) is 13.1. The molecule has 0 saturated carbocycles. The van der Waals surface area contributed by atoms with Crippen LogP contribution in [0.15, 0.2) is 142 Å². The zero-order chi connectivity index (χ0) is 33.8. The fourth-order valence-corrected chi connectivity index (χ4v) is 9.47. The highest BCUT2D eigenvalue weighted by Crippen LogP contribution is 2.51. The molecule has 0 radical (unpaired) electrons. The molecule has 0 aliphatic carbocycles. The molecule has 0 atom stereocenters. The SMILES string of the molecule is COc1ccc(-c2cc3c4cc(-c5ccc(OC)cc5)c5c(ccc6oc7ccccc7c65)c4sc3c3ccc4oc5ccccc5c4c23)cc1. The first-order chi connectivity index (χ1) is 25.2. The highest BCUT2D eigenvalue weighted by molar-refractivity contribution is 7.27. The number of benzene rings is 8. The van der Waals surface area contributed by atoms with Crippen LogP contribution < -0.4 is 9.47 Å². The summed E-state index contributed by atoms with van der Waals surface area (Å²) in [6.07, 6.45) is 0. The molecule has 8 aromatic carbocycles. The molecule has 0 saturated heterocycles. The summed E-state index contributed by atoms with van der Waals surface area (Å²) in [6, 6.07) is 47.1. The number of thiophene rings is 1. The normalized spacial score (nSPS) is 12.1. The van der Waals surface area contributed by atoms with Gasteiger partial charge in [0.25, 0.3) is 0 Å². The van der Waals surface area contributed by atoms with E-state index >= 15 is 0 Å². The van der Waals surface area contributed by atoms with Gasteiger partial charge in [0.05, 0.1) is 14.2 Å². The molecule has 0 aliphatic rings. The number of rotatable bonds is 4. The van der Waals surface area contributed by atoms with Gasteiger partial charge in [-0.2, -0.15) is 0 Å². The fourth-order valence-electron chi connectivity index (χ4n) is 8.14. The van der Waals surface area contributed by atoms with Crippen LogP contribution in [0, 0.1) is 0 Å². The summed E-state index contributed by atoms with van der Waals surface area (Å²) < 4.78 is 26.5. The molecule has 0 aliphatic heterocycles. The third kappa shape index (κ3) is 4.01. The molecule has 0 amide bonds. The van der Waals surface area contributed by atoms with Gasteiger partial charge in [-0.25, -0.2) is 0 Å². The molecule has 0 unspecified atom stereocenters. The Morgan fingerprint density at radius 1 is 0.392 bits per heavy atom. The maximum atomic E-state index is 6.43. The summed E-state index contributed by atoms with van der Waals surface area (Å²) in [5.41, 5.74) is 8.15. The van der Waals surface area contributed by atoms with Crippen molar-refractivity contribution in [1.82, 2.24) is 0 Å². The molecule has 11 rings (SSSR count). The Morgan fingerprint density at radius 3 is 1.25 bits per heavy atom. The van der Waals surface area contributed by atoms with Crippen LogP contribution in [0.25, 0.3) is 108 Å². The van der Waals surface area contributed by atoms with Crippen molar-refractivity contribution >= 4 is 96.9 Å². The van der Waals surface area contributed by atoms with Gasteiger partial charge in [0.2, 0.25) is 0 Å². The topological polar surface area (TPSA) is 44.7 Å². The third-order valence-corrected chi connectivity index (χ3v) is 11.8. The molecule has 0 fully saturated rings. The molecular weight excluding hydrogens is 649 g/mol. The van der Waals surface area contributed by atoms with Crippen molar-refractivity contribution in [1.29, 1.82) is 0 Å². The average molecular weight is 677 g/mol. The van der Waals surface area contributed by atoms with E-state index < -0.39 is 0 Å². The van der Waals surface area contributed by atoms with Crippen molar-refractivity contribution in [2.75, 3.05) is 14.2 Å². The first-order valence-electron chi connectivity index (χ1n) is 17.0. The minimum atomic E-state index is 0.831. The van der Waals surface area contributed by atoms with E-state index in [1.165, 1.54) is 52.8 Å². The van der Waals surface area contributed by atoms with Gasteiger partial charge in [0.15, 0.2) is 0 Å². The maximum Gasteiger partial charge on any atom is 0.136 e. The highest BCUT2D eigenvalue weighted by Gasteiger charge is 2.23. The lowest BCUT2D eigenvalue weighted by Gasteiger charge is -2.12. The minimum Gasteiger partial charge on any atom is -0.497 e. The number of hydrogen-bond donors (Lipinski definition) is 0. The number of fused-ring (bicyclic) bond motifs is 15. The maximum absolute atomic E-state index is 6.43. The quantitative estimate of drug-likeness (QED) is 0.186. The van der Waals surface area contributed by atoms with E-state index in [1.54, 1.807) is 14.2 Å². The lowest BCUT2D eigenvalue weighted by molar-refractivity contribution is 0.415. The predicted molar refractivity (Wildman–Crippen MR) is 213 cm³/mol. The van der Waals surface area contributed by atoms with Crippen molar-refractivity contribution in [2.24, 2.45) is 0 Å². The Labute approximate surface area is 295 Å². The molecule has 5 heteroatoms. The Hall–Kier alpha value is -6.30. The number of para-hydroxylation sites is 2. The second kappa shape index (κ2) is 10.6. The van der Waals surface area contributed by atoms with Crippen LogP contribution >= 0.6 is 11.3 Å². The third-order valence-electron chi connectivity index (χ3n) is 10.5. The zero-order valence-electron chi connectivity index (χ0n) is 27.7. The van der Waals surface area contributed by atoms with Gasteiger partial charge in [-0.15, -0.1) is 11.3 Å². The lowest BCUT2D eigenvalue weighted by Crippen LogP contribution is -1.87. The van der Waals surface area contributed by atoms with Crippen LogP contribution in [-0.4, -0.2) is 14.2 Å². The molecule has 4 nitrogen and oxygen atoms in total. The average Bonchev–Trinajstić information content (AvgIpc) is 3.88. The van der Waals surface area contributed by atoms with Gasteiger partial charge in [-0.3, -0.25) is 0 Å². The monoisotopic (exact) mass is 676 g/mol. The van der Waals surface area contributed by atoms with Gasteiger partial charge in [-0.05, 0) is 95.1 Å². The highest BCUT2D eigenvalue weighted by atomic mass is 32.1.